The van der Waals surface area contributed by atoms with Gasteiger partial charge in [-0.05, 0) is 58.0 Å². The Morgan fingerprint density at radius 3 is 2.37 bits per heavy atom. The summed E-state index contributed by atoms with van der Waals surface area (Å²) in [6.07, 6.45) is 4.08. The molecule has 19 heavy (non-hydrogen) atoms. The smallest absolute Gasteiger partial charge is 0.323 e. The summed E-state index contributed by atoms with van der Waals surface area (Å²) in [6, 6.07) is 0. The van der Waals surface area contributed by atoms with Gasteiger partial charge in [-0.1, -0.05) is 13.8 Å². The molecule has 0 aromatic rings. The minimum absolute atomic E-state index is 0.692. The summed E-state index contributed by atoms with van der Waals surface area (Å²) in [4.78, 5) is 13.7. The maximum atomic E-state index is 11.2. The normalized spacial score (nSPS) is 28.0. The van der Waals surface area contributed by atoms with Crippen LogP contribution in [-0.4, -0.2) is 48.2 Å². The van der Waals surface area contributed by atoms with Gasteiger partial charge in [-0.2, -0.15) is 0 Å². The van der Waals surface area contributed by atoms with Crippen molar-refractivity contribution >= 4 is 5.97 Å². The van der Waals surface area contributed by atoms with Crippen molar-refractivity contribution in [1.29, 1.82) is 0 Å². The number of hydrogen-bond donors (Lipinski definition) is 2. The second-order valence-electron chi connectivity index (χ2n) is 6.55. The monoisotopic (exact) mass is 270 g/mol. The maximum absolute atomic E-state index is 11.2. The number of aliphatic carboxylic acids is 1. The zero-order chi connectivity index (χ0) is 14.5. The summed E-state index contributed by atoms with van der Waals surface area (Å²) in [6.45, 7) is 9.92. The molecule has 4 heteroatoms. The Balaban J connectivity index is 2.25. The summed E-state index contributed by atoms with van der Waals surface area (Å²) in [5.41, 5.74) is -0.775. The van der Waals surface area contributed by atoms with E-state index in [1.807, 2.05) is 0 Å². The highest BCUT2D eigenvalue weighted by atomic mass is 16.4. The van der Waals surface area contributed by atoms with E-state index in [9.17, 15) is 9.90 Å². The maximum Gasteiger partial charge on any atom is 0.323 e. The Kier molecular flexibility index (Phi) is 6.27. The van der Waals surface area contributed by atoms with Crippen molar-refractivity contribution in [3.63, 3.8) is 0 Å². The Morgan fingerprint density at radius 1 is 1.32 bits per heavy atom. The van der Waals surface area contributed by atoms with Crippen LogP contribution in [-0.2, 0) is 4.79 Å². The molecule has 1 heterocycles. The van der Waals surface area contributed by atoms with Gasteiger partial charge in [0.05, 0.1) is 0 Å². The lowest BCUT2D eigenvalue weighted by molar-refractivity contribution is -0.144. The van der Waals surface area contributed by atoms with Gasteiger partial charge >= 0.3 is 5.97 Å². The molecule has 0 amide bonds. The highest BCUT2D eigenvalue weighted by molar-refractivity contribution is 5.78. The summed E-state index contributed by atoms with van der Waals surface area (Å²) in [5.74, 6) is 0.839. The summed E-state index contributed by atoms with van der Waals surface area (Å²) < 4.78 is 0. The molecule has 0 spiro atoms. The van der Waals surface area contributed by atoms with Crippen LogP contribution in [0.4, 0.5) is 0 Å². The number of likely N-dealkylation sites (tertiary alicyclic amines) is 1. The summed E-state index contributed by atoms with van der Waals surface area (Å²) >= 11 is 0. The van der Waals surface area contributed by atoms with Crippen molar-refractivity contribution in [3.05, 3.63) is 0 Å². The number of unbranched alkanes of at least 4 members (excludes halogenated alkanes) is 1. The van der Waals surface area contributed by atoms with Gasteiger partial charge in [0.2, 0.25) is 0 Å². The van der Waals surface area contributed by atoms with E-state index in [0.29, 0.717) is 6.42 Å². The average Bonchev–Trinajstić information content (AvgIpc) is 2.33. The number of hydrogen-bond acceptors (Lipinski definition) is 3. The molecular formula is C15H30N2O2. The number of nitrogens with zero attached hydrogens (tertiary/aromatic N) is 1. The highest BCUT2D eigenvalue weighted by Crippen LogP contribution is 2.21. The van der Waals surface area contributed by atoms with Crippen molar-refractivity contribution < 1.29 is 9.90 Å². The Morgan fingerprint density at radius 2 is 1.89 bits per heavy atom. The molecule has 2 N–H and O–H groups in total. The fourth-order valence-electron chi connectivity index (χ4n) is 3.13. The van der Waals surface area contributed by atoms with Gasteiger partial charge in [-0.3, -0.25) is 4.79 Å². The topological polar surface area (TPSA) is 52.6 Å². The molecule has 1 aliphatic rings. The molecule has 112 valence electrons. The Labute approximate surface area is 117 Å². The van der Waals surface area contributed by atoms with Gasteiger partial charge in [0.15, 0.2) is 0 Å². The number of piperidine rings is 1. The van der Waals surface area contributed by atoms with Crippen molar-refractivity contribution in [2.24, 2.45) is 11.8 Å². The lowest BCUT2D eigenvalue weighted by Gasteiger charge is -2.35. The molecule has 0 aliphatic carbocycles. The third-order valence-electron chi connectivity index (χ3n) is 4.37. The lowest BCUT2D eigenvalue weighted by atomic mass is 9.91. The molecule has 1 aliphatic heterocycles. The molecule has 0 radical (unpaired) electrons. The number of nitrogens with one attached hydrogen (secondary N) is 1. The average molecular weight is 270 g/mol. The van der Waals surface area contributed by atoms with Crippen molar-refractivity contribution in [3.8, 4) is 0 Å². The number of carboxylic acid groups (broad SMARTS) is 1. The van der Waals surface area contributed by atoms with Crippen LogP contribution < -0.4 is 5.32 Å². The van der Waals surface area contributed by atoms with Crippen LogP contribution >= 0.6 is 0 Å². The fourth-order valence-corrected chi connectivity index (χ4v) is 3.13. The first-order chi connectivity index (χ1) is 8.87. The molecule has 1 rings (SSSR count). The second kappa shape index (κ2) is 7.25. The third-order valence-corrected chi connectivity index (χ3v) is 4.37. The van der Waals surface area contributed by atoms with Gasteiger partial charge < -0.3 is 15.3 Å². The standard InChI is InChI=1S/C15H30N2O2/c1-12-9-13(2)11-17(10-12)8-6-5-7-15(3,16-4)14(18)19/h12-13,16H,5-11H2,1-4H3,(H,18,19). The van der Waals surface area contributed by atoms with E-state index in [1.54, 1.807) is 14.0 Å². The highest BCUT2D eigenvalue weighted by Gasteiger charge is 2.30. The summed E-state index contributed by atoms with van der Waals surface area (Å²) in [5, 5.41) is 12.1. The molecule has 0 aromatic carbocycles. The molecule has 3 unspecified atom stereocenters. The van der Waals surface area contributed by atoms with E-state index >= 15 is 0 Å². The number of carbonyl (C=O) groups is 1. The number of carboxylic acids is 1. The van der Waals surface area contributed by atoms with Crippen molar-refractivity contribution in [1.82, 2.24) is 10.2 Å². The molecule has 3 atom stereocenters. The fraction of sp³-hybridized carbons (Fsp3) is 0.933. The van der Waals surface area contributed by atoms with Crippen LogP contribution in [0.5, 0.6) is 0 Å². The van der Waals surface area contributed by atoms with Gasteiger partial charge in [0.1, 0.15) is 5.54 Å². The third kappa shape index (κ3) is 5.11. The quantitative estimate of drug-likeness (QED) is 0.696. The predicted molar refractivity (Wildman–Crippen MR) is 78.3 cm³/mol. The van der Waals surface area contributed by atoms with Crippen LogP contribution in [0.1, 0.15) is 46.5 Å². The SMILES string of the molecule is CNC(C)(CCCCN1CC(C)CC(C)C1)C(=O)O. The van der Waals surface area contributed by atoms with Crippen molar-refractivity contribution in [2.45, 2.75) is 52.0 Å². The minimum Gasteiger partial charge on any atom is -0.480 e. The van der Waals surface area contributed by atoms with E-state index in [4.69, 9.17) is 0 Å². The van der Waals surface area contributed by atoms with E-state index in [1.165, 1.54) is 19.5 Å². The molecule has 1 fully saturated rings. The van der Waals surface area contributed by atoms with E-state index in [2.05, 4.69) is 24.1 Å². The Bertz CT molecular complexity index is 286. The van der Waals surface area contributed by atoms with E-state index in [0.717, 1.165) is 31.2 Å². The first-order valence-corrected chi connectivity index (χ1v) is 7.52. The zero-order valence-corrected chi connectivity index (χ0v) is 12.9. The summed E-state index contributed by atoms with van der Waals surface area (Å²) in [7, 11) is 1.72. The van der Waals surface area contributed by atoms with E-state index < -0.39 is 11.5 Å². The van der Waals surface area contributed by atoms with Gasteiger partial charge in [-0.25, -0.2) is 0 Å². The molecule has 0 saturated carbocycles. The second-order valence-corrected chi connectivity index (χ2v) is 6.55. The van der Waals surface area contributed by atoms with Crippen molar-refractivity contribution in [2.75, 3.05) is 26.7 Å². The first-order valence-electron chi connectivity index (χ1n) is 7.52. The van der Waals surface area contributed by atoms with Gasteiger partial charge in [0.25, 0.3) is 0 Å². The largest absolute Gasteiger partial charge is 0.480 e. The number of rotatable bonds is 7. The van der Waals surface area contributed by atoms with Crippen LogP contribution in [0.15, 0.2) is 0 Å². The van der Waals surface area contributed by atoms with E-state index in [-0.39, 0.29) is 0 Å². The molecular weight excluding hydrogens is 240 g/mol. The molecule has 0 bridgehead atoms. The predicted octanol–water partition coefficient (Wildman–Crippen LogP) is 2.20. The first kappa shape index (κ1) is 16.4. The van der Waals surface area contributed by atoms with Gasteiger partial charge in [0, 0.05) is 13.1 Å². The molecule has 1 saturated heterocycles. The van der Waals surface area contributed by atoms with Gasteiger partial charge in [-0.15, -0.1) is 0 Å². The Hall–Kier alpha value is -0.610. The van der Waals surface area contributed by atoms with Crippen LogP contribution in [0.2, 0.25) is 0 Å². The molecule has 0 aromatic heterocycles. The van der Waals surface area contributed by atoms with Crippen LogP contribution in [0, 0.1) is 11.8 Å². The number of likely N-dealkylation sites (N-methyl/N-ethyl adjacent to an activating group) is 1. The van der Waals surface area contributed by atoms with Crippen LogP contribution in [0.25, 0.3) is 0 Å². The zero-order valence-electron chi connectivity index (χ0n) is 12.9. The lowest BCUT2D eigenvalue weighted by Crippen LogP contribution is -2.47. The molecule has 4 nitrogen and oxygen atoms in total. The van der Waals surface area contributed by atoms with Crippen LogP contribution in [0.3, 0.4) is 0 Å². The minimum atomic E-state index is -0.775.